The summed E-state index contributed by atoms with van der Waals surface area (Å²) in [6, 6.07) is 1.67. The molecule has 0 radical (unpaired) electrons. The van der Waals surface area contributed by atoms with Crippen molar-refractivity contribution in [3.05, 3.63) is 12.3 Å². The number of nitrogens with one attached hydrogen (secondary N) is 1. The lowest BCUT2D eigenvalue weighted by molar-refractivity contribution is 0.0380. The first-order valence-corrected chi connectivity index (χ1v) is 5.13. The molecule has 0 spiro atoms. The molecule has 6 nitrogen and oxygen atoms in total. The molecule has 1 aliphatic heterocycles. The van der Waals surface area contributed by atoms with Crippen LogP contribution in [-0.4, -0.2) is 47.5 Å². The monoisotopic (exact) mass is 225 g/mol. The van der Waals surface area contributed by atoms with Gasteiger partial charge in [0.05, 0.1) is 13.7 Å². The van der Waals surface area contributed by atoms with E-state index >= 15 is 0 Å². The number of nitrogens with zero attached hydrogens (tertiary/aromatic N) is 2. The number of rotatable bonds is 4. The Hall–Kier alpha value is -1.40. The van der Waals surface area contributed by atoms with Gasteiger partial charge in [0.25, 0.3) is 0 Å². The molecule has 1 unspecified atom stereocenters. The summed E-state index contributed by atoms with van der Waals surface area (Å²) in [7, 11) is 1.55. The Labute approximate surface area is 93.6 Å². The zero-order valence-electron chi connectivity index (χ0n) is 9.14. The Morgan fingerprint density at radius 1 is 1.69 bits per heavy atom. The van der Waals surface area contributed by atoms with Gasteiger partial charge < -0.3 is 19.9 Å². The molecular weight excluding hydrogens is 210 g/mol. The summed E-state index contributed by atoms with van der Waals surface area (Å²) in [6.07, 6.45) is 2.23. The van der Waals surface area contributed by atoms with Crippen molar-refractivity contribution in [3.63, 3.8) is 0 Å². The molecule has 2 heterocycles. The molecule has 16 heavy (non-hydrogen) atoms. The zero-order valence-corrected chi connectivity index (χ0v) is 9.14. The second kappa shape index (κ2) is 4.63. The van der Waals surface area contributed by atoms with Crippen LogP contribution in [0.5, 0.6) is 5.88 Å². The summed E-state index contributed by atoms with van der Waals surface area (Å²) in [4.78, 5) is 8.11. The topological polar surface area (TPSA) is 76.5 Å². The second-order valence-corrected chi connectivity index (χ2v) is 3.80. The number of methoxy groups -OCH3 is 1. The summed E-state index contributed by atoms with van der Waals surface area (Å²) in [5.74, 6) is 0.937. The largest absolute Gasteiger partial charge is 0.481 e. The Balaban J connectivity index is 1.93. The van der Waals surface area contributed by atoms with E-state index in [0.717, 1.165) is 0 Å². The number of ether oxygens (including phenoxy) is 2. The average molecular weight is 225 g/mol. The van der Waals surface area contributed by atoms with Crippen molar-refractivity contribution in [1.82, 2.24) is 9.97 Å². The lowest BCUT2D eigenvalue weighted by Crippen LogP contribution is -2.37. The molecule has 1 aromatic rings. The van der Waals surface area contributed by atoms with E-state index < -0.39 is 5.60 Å². The van der Waals surface area contributed by atoms with Crippen LogP contribution in [0.1, 0.15) is 6.42 Å². The third-order valence-corrected chi connectivity index (χ3v) is 2.50. The molecule has 0 bridgehead atoms. The van der Waals surface area contributed by atoms with E-state index in [1.165, 1.54) is 0 Å². The SMILES string of the molecule is COc1ccnc(NCC2(O)CCOC2)n1. The van der Waals surface area contributed by atoms with Crippen molar-refractivity contribution in [2.45, 2.75) is 12.0 Å². The van der Waals surface area contributed by atoms with Crippen LogP contribution in [0.4, 0.5) is 5.95 Å². The quantitative estimate of drug-likeness (QED) is 0.754. The molecule has 2 rings (SSSR count). The third kappa shape index (κ3) is 2.59. The van der Waals surface area contributed by atoms with Gasteiger partial charge in [0.15, 0.2) is 0 Å². The molecule has 1 saturated heterocycles. The minimum atomic E-state index is -0.813. The minimum Gasteiger partial charge on any atom is -0.481 e. The van der Waals surface area contributed by atoms with Gasteiger partial charge in [-0.3, -0.25) is 0 Å². The smallest absolute Gasteiger partial charge is 0.226 e. The van der Waals surface area contributed by atoms with Crippen LogP contribution >= 0.6 is 0 Å². The molecule has 0 amide bonds. The molecule has 1 aromatic heterocycles. The number of anilines is 1. The summed E-state index contributed by atoms with van der Waals surface area (Å²) < 4.78 is 10.1. The van der Waals surface area contributed by atoms with E-state index in [1.54, 1.807) is 19.4 Å². The average Bonchev–Trinajstić information content (AvgIpc) is 2.75. The van der Waals surface area contributed by atoms with Crippen molar-refractivity contribution in [2.75, 3.05) is 32.2 Å². The fourth-order valence-corrected chi connectivity index (χ4v) is 1.52. The van der Waals surface area contributed by atoms with Gasteiger partial charge in [0, 0.05) is 31.8 Å². The van der Waals surface area contributed by atoms with Crippen LogP contribution in [-0.2, 0) is 4.74 Å². The van der Waals surface area contributed by atoms with E-state index in [0.29, 0.717) is 38.0 Å². The summed E-state index contributed by atoms with van der Waals surface area (Å²) in [5.41, 5.74) is -0.813. The number of hydrogen-bond donors (Lipinski definition) is 2. The summed E-state index contributed by atoms with van der Waals surface area (Å²) >= 11 is 0. The third-order valence-electron chi connectivity index (χ3n) is 2.50. The van der Waals surface area contributed by atoms with Crippen LogP contribution in [0.3, 0.4) is 0 Å². The van der Waals surface area contributed by atoms with Gasteiger partial charge >= 0.3 is 0 Å². The maximum atomic E-state index is 10.0. The molecule has 88 valence electrons. The highest BCUT2D eigenvalue weighted by Crippen LogP contribution is 2.18. The molecule has 0 aromatic carbocycles. The minimum absolute atomic E-state index is 0.351. The molecule has 6 heteroatoms. The van der Waals surface area contributed by atoms with Gasteiger partial charge in [0.1, 0.15) is 5.60 Å². The number of aromatic nitrogens is 2. The summed E-state index contributed by atoms with van der Waals surface area (Å²) in [5, 5.41) is 13.0. The van der Waals surface area contributed by atoms with Gasteiger partial charge in [-0.2, -0.15) is 4.98 Å². The molecule has 2 N–H and O–H groups in total. The van der Waals surface area contributed by atoms with Gasteiger partial charge in [-0.15, -0.1) is 0 Å². The first kappa shape index (κ1) is 11.1. The van der Waals surface area contributed by atoms with E-state index in [-0.39, 0.29) is 0 Å². The number of aliphatic hydroxyl groups is 1. The highest BCUT2D eigenvalue weighted by Gasteiger charge is 2.32. The standard InChI is InChI=1S/C10H15N3O3/c1-15-8-2-4-11-9(13-8)12-6-10(14)3-5-16-7-10/h2,4,14H,3,5-7H2,1H3,(H,11,12,13). The van der Waals surface area contributed by atoms with Gasteiger partial charge in [0.2, 0.25) is 11.8 Å². The predicted molar refractivity (Wildman–Crippen MR) is 57.5 cm³/mol. The van der Waals surface area contributed by atoms with Gasteiger partial charge in [-0.25, -0.2) is 4.98 Å². The van der Waals surface area contributed by atoms with Crippen LogP contribution in [0, 0.1) is 0 Å². The Bertz CT molecular complexity index is 353. The molecule has 1 atom stereocenters. The second-order valence-electron chi connectivity index (χ2n) is 3.80. The zero-order chi connectivity index (χ0) is 11.4. The van der Waals surface area contributed by atoms with Crippen LogP contribution in [0.2, 0.25) is 0 Å². The predicted octanol–water partition coefficient (Wildman–Crippen LogP) is 0.0485. The molecule has 0 aliphatic carbocycles. The van der Waals surface area contributed by atoms with Crippen molar-refractivity contribution < 1.29 is 14.6 Å². The van der Waals surface area contributed by atoms with Crippen molar-refractivity contribution >= 4 is 5.95 Å². The molecular formula is C10H15N3O3. The van der Waals surface area contributed by atoms with Crippen molar-refractivity contribution in [3.8, 4) is 5.88 Å². The van der Waals surface area contributed by atoms with Crippen LogP contribution in [0.25, 0.3) is 0 Å². The number of hydrogen-bond acceptors (Lipinski definition) is 6. The summed E-state index contributed by atoms with van der Waals surface area (Å²) in [6.45, 7) is 1.32. The fraction of sp³-hybridized carbons (Fsp3) is 0.600. The highest BCUT2D eigenvalue weighted by atomic mass is 16.5. The Morgan fingerprint density at radius 2 is 2.56 bits per heavy atom. The maximum absolute atomic E-state index is 10.0. The van der Waals surface area contributed by atoms with Crippen LogP contribution < -0.4 is 10.1 Å². The van der Waals surface area contributed by atoms with Crippen molar-refractivity contribution in [1.29, 1.82) is 0 Å². The Morgan fingerprint density at radius 3 is 3.25 bits per heavy atom. The van der Waals surface area contributed by atoms with Crippen LogP contribution in [0.15, 0.2) is 12.3 Å². The molecule has 1 fully saturated rings. The van der Waals surface area contributed by atoms with E-state index in [2.05, 4.69) is 15.3 Å². The van der Waals surface area contributed by atoms with E-state index in [4.69, 9.17) is 9.47 Å². The molecule has 1 aliphatic rings. The highest BCUT2D eigenvalue weighted by molar-refractivity contribution is 5.28. The van der Waals surface area contributed by atoms with Gasteiger partial charge in [-0.05, 0) is 0 Å². The molecule has 0 saturated carbocycles. The Kier molecular flexibility index (Phi) is 3.21. The fourth-order valence-electron chi connectivity index (χ4n) is 1.52. The lowest BCUT2D eigenvalue weighted by atomic mass is 10.0. The normalized spacial score (nSPS) is 24.4. The van der Waals surface area contributed by atoms with Gasteiger partial charge in [-0.1, -0.05) is 0 Å². The van der Waals surface area contributed by atoms with E-state index in [1.807, 2.05) is 0 Å². The lowest BCUT2D eigenvalue weighted by Gasteiger charge is -2.20. The maximum Gasteiger partial charge on any atom is 0.226 e. The first-order valence-electron chi connectivity index (χ1n) is 5.13. The van der Waals surface area contributed by atoms with E-state index in [9.17, 15) is 5.11 Å². The van der Waals surface area contributed by atoms with Crippen molar-refractivity contribution in [2.24, 2.45) is 0 Å². The first-order chi connectivity index (χ1) is 7.72.